The number of carbonyl (C=O) groups is 1. The van der Waals surface area contributed by atoms with Crippen molar-refractivity contribution < 1.29 is 9.53 Å². The van der Waals surface area contributed by atoms with Crippen LogP contribution >= 0.6 is 11.6 Å². The van der Waals surface area contributed by atoms with E-state index in [0.717, 1.165) is 31.2 Å². The fourth-order valence-electron chi connectivity index (χ4n) is 2.87. The zero-order valence-electron chi connectivity index (χ0n) is 13.9. The number of methoxy groups -OCH3 is 1. The molecular weight excluding hydrogens is 314 g/mol. The Morgan fingerprint density at radius 2 is 2.00 bits per heavy atom. The monoisotopic (exact) mass is 339 g/mol. The zero-order chi connectivity index (χ0) is 16.7. The van der Waals surface area contributed by atoms with Gasteiger partial charge in [0.25, 0.3) is 0 Å². The van der Waals surface area contributed by atoms with Gasteiger partial charge < -0.3 is 10.1 Å². The highest BCUT2D eigenvalue weighted by molar-refractivity contribution is 6.31. The minimum atomic E-state index is 0.0645. The summed E-state index contributed by atoms with van der Waals surface area (Å²) in [7, 11) is 1.63. The third-order valence-corrected chi connectivity index (χ3v) is 4.65. The molecule has 0 spiro atoms. The van der Waals surface area contributed by atoms with E-state index in [0.29, 0.717) is 25.7 Å². The lowest BCUT2D eigenvalue weighted by Gasteiger charge is -2.38. The summed E-state index contributed by atoms with van der Waals surface area (Å²) in [6.45, 7) is 7.44. The molecule has 1 fully saturated rings. The van der Waals surface area contributed by atoms with Gasteiger partial charge in [-0.3, -0.25) is 14.6 Å². The zero-order valence-corrected chi connectivity index (χ0v) is 14.7. The van der Waals surface area contributed by atoms with Gasteiger partial charge in [-0.05, 0) is 18.6 Å². The van der Waals surface area contributed by atoms with Crippen molar-refractivity contribution in [2.75, 3.05) is 53.0 Å². The van der Waals surface area contributed by atoms with E-state index in [1.54, 1.807) is 7.11 Å². The molecule has 1 aliphatic heterocycles. The Hall–Kier alpha value is -1.14. The Balaban J connectivity index is 1.77. The van der Waals surface area contributed by atoms with E-state index in [2.05, 4.69) is 28.1 Å². The van der Waals surface area contributed by atoms with Crippen LogP contribution in [-0.4, -0.2) is 68.7 Å². The second-order valence-electron chi connectivity index (χ2n) is 5.85. The fraction of sp³-hybridized carbons (Fsp3) is 0.588. The third-order valence-electron chi connectivity index (χ3n) is 4.31. The largest absolute Gasteiger partial charge is 0.383 e. The van der Waals surface area contributed by atoms with Gasteiger partial charge in [-0.2, -0.15) is 0 Å². The third kappa shape index (κ3) is 5.46. The van der Waals surface area contributed by atoms with Crippen molar-refractivity contribution in [3.63, 3.8) is 0 Å². The molecule has 1 amide bonds. The standard InChI is InChI=1S/C17H26ClN3O2/c1-14(15-5-3-4-6-16(15)18)21-10-8-20(9-11-21)13-17(22)19-7-12-23-2/h3-6,14H,7-13H2,1-2H3,(H,19,22). The SMILES string of the molecule is COCCNC(=O)CN1CCN(C(C)c2ccccc2Cl)CC1. The van der Waals surface area contributed by atoms with E-state index >= 15 is 0 Å². The molecular formula is C17H26ClN3O2. The number of nitrogens with one attached hydrogen (secondary N) is 1. The van der Waals surface area contributed by atoms with E-state index in [-0.39, 0.29) is 5.91 Å². The summed E-state index contributed by atoms with van der Waals surface area (Å²) in [4.78, 5) is 16.4. The summed E-state index contributed by atoms with van der Waals surface area (Å²) < 4.78 is 4.93. The lowest BCUT2D eigenvalue weighted by molar-refractivity contribution is -0.122. The van der Waals surface area contributed by atoms with Crippen LogP contribution in [0, 0.1) is 0 Å². The molecule has 0 saturated carbocycles. The molecule has 1 saturated heterocycles. The maximum absolute atomic E-state index is 11.8. The van der Waals surface area contributed by atoms with Crippen molar-refractivity contribution in [2.24, 2.45) is 0 Å². The number of nitrogens with zero attached hydrogens (tertiary/aromatic N) is 2. The van der Waals surface area contributed by atoms with Crippen LogP contribution in [0.25, 0.3) is 0 Å². The van der Waals surface area contributed by atoms with Crippen molar-refractivity contribution >= 4 is 17.5 Å². The normalized spacial score (nSPS) is 17.9. The number of rotatable bonds is 7. The summed E-state index contributed by atoms with van der Waals surface area (Å²) in [5.74, 6) is 0.0645. The lowest BCUT2D eigenvalue weighted by Crippen LogP contribution is -2.50. The summed E-state index contributed by atoms with van der Waals surface area (Å²) in [5.41, 5.74) is 1.17. The number of ether oxygens (including phenoxy) is 1. The molecule has 1 aromatic carbocycles. The average molecular weight is 340 g/mol. The van der Waals surface area contributed by atoms with Gasteiger partial charge in [0.05, 0.1) is 13.2 Å². The summed E-state index contributed by atoms with van der Waals surface area (Å²) in [6, 6.07) is 8.30. The van der Waals surface area contributed by atoms with Crippen LogP contribution in [0.2, 0.25) is 5.02 Å². The maximum atomic E-state index is 11.8. The number of halogens is 1. The molecule has 0 aromatic heterocycles. The van der Waals surface area contributed by atoms with E-state index in [4.69, 9.17) is 16.3 Å². The number of carbonyl (C=O) groups excluding carboxylic acids is 1. The molecule has 0 radical (unpaired) electrons. The molecule has 128 valence electrons. The predicted octanol–water partition coefficient (Wildman–Crippen LogP) is 1.78. The topological polar surface area (TPSA) is 44.8 Å². The van der Waals surface area contributed by atoms with Crippen molar-refractivity contribution in [1.29, 1.82) is 0 Å². The van der Waals surface area contributed by atoms with Gasteiger partial charge in [0, 0.05) is 50.9 Å². The van der Waals surface area contributed by atoms with E-state index in [1.165, 1.54) is 5.56 Å². The van der Waals surface area contributed by atoms with Crippen LogP contribution in [0.5, 0.6) is 0 Å². The molecule has 1 atom stereocenters. The highest BCUT2D eigenvalue weighted by Gasteiger charge is 2.24. The van der Waals surface area contributed by atoms with Gasteiger partial charge in [0.1, 0.15) is 0 Å². The fourth-order valence-corrected chi connectivity index (χ4v) is 3.16. The molecule has 1 aromatic rings. The van der Waals surface area contributed by atoms with Gasteiger partial charge in [-0.25, -0.2) is 0 Å². The Morgan fingerprint density at radius 3 is 2.65 bits per heavy atom. The molecule has 2 rings (SSSR count). The van der Waals surface area contributed by atoms with Crippen LogP contribution in [0.1, 0.15) is 18.5 Å². The Labute approximate surface area is 143 Å². The first-order chi connectivity index (χ1) is 11.1. The molecule has 1 heterocycles. The second kappa shape index (κ2) is 9.23. The van der Waals surface area contributed by atoms with Crippen LogP contribution in [0.4, 0.5) is 0 Å². The Kier molecular flexibility index (Phi) is 7.30. The van der Waals surface area contributed by atoms with Gasteiger partial charge in [0.2, 0.25) is 5.91 Å². The molecule has 0 bridgehead atoms. The lowest BCUT2D eigenvalue weighted by atomic mass is 10.1. The average Bonchev–Trinajstić information content (AvgIpc) is 2.56. The van der Waals surface area contributed by atoms with Crippen LogP contribution < -0.4 is 5.32 Å². The smallest absolute Gasteiger partial charge is 0.234 e. The van der Waals surface area contributed by atoms with Crippen LogP contribution in [-0.2, 0) is 9.53 Å². The number of piperazine rings is 1. The van der Waals surface area contributed by atoms with E-state index in [1.807, 2.05) is 18.2 Å². The first-order valence-corrected chi connectivity index (χ1v) is 8.46. The van der Waals surface area contributed by atoms with Crippen molar-refractivity contribution in [3.8, 4) is 0 Å². The van der Waals surface area contributed by atoms with Crippen molar-refractivity contribution in [2.45, 2.75) is 13.0 Å². The number of hydrogen-bond donors (Lipinski definition) is 1. The number of hydrogen-bond acceptors (Lipinski definition) is 4. The molecule has 23 heavy (non-hydrogen) atoms. The van der Waals surface area contributed by atoms with Gasteiger partial charge in [0.15, 0.2) is 0 Å². The van der Waals surface area contributed by atoms with E-state index in [9.17, 15) is 4.79 Å². The van der Waals surface area contributed by atoms with Crippen LogP contribution in [0.15, 0.2) is 24.3 Å². The van der Waals surface area contributed by atoms with Gasteiger partial charge in [-0.15, -0.1) is 0 Å². The minimum absolute atomic E-state index is 0.0645. The molecule has 1 unspecified atom stereocenters. The van der Waals surface area contributed by atoms with Crippen molar-refractivity contribution in [3.05, 3.63) is 34.9 Å². The quantitative estimate of drug-likeness (QED) is 0.769. The molecule has 5 nitrogen and oxygen atoms in total. The molecule has 0 aliphatic carbocycles. The molecule has 6 heteroatoms. The van der Waals surface area contributed by atoms with Gasteiger partial charge >= 0.3 is 0 Å². The molecule has 1 N–H and O–H groups in total. The Morgan fingerprint density at radius 1 is 1.30 bits per heavy atom. The summed E-state index contributed by atoms with van der Waals surface area (Å²) in [5, 5.41) is 3.68. The van der Waals surface area contributed by atoms with Crippen LogP contribution in [0.3, 0.4) is 0 Å². The second-order valence-corrected chi connectivity index (χ2v) is 6.26. The number of benzene rings is 1. The summed E-state index contributed by atoms with van der Waals surface area (Å²) in [6.07, 6.45) is 0. The Bertz CT molecular complexity index is 504. The highest BCUT2D eigenvalue weighted by Crippen LogP contribution is 2.27. The number of amides is 1. The predicted molar refractivity (Wildman–Crippen MR) is 92.8 cm³/mol. The van der Waals surface area contributed by atoms with E-state index < -0.39 is 0 Å². The first kappa shape index (κ1) is 18.2. The highest BCUT2D eigenvalue weighted by atomic mass is 35.5. The first-order valence-electron chi connectivity index (χ1n) is 8.08. The molecule has 1 aliphatic rings. The van der Waals surface area contributed by atoms with Gasteiger partial charge in [-0.1, -0.05) is 29.8 Å². The summed E-state index contributed by atoms with van der Waals surface area (Å²) >= 11 is 6.30. The van der Waals surface area contributed by atoms with Crippen molar-refractivity contribution in [1.82, 2.24) is 15.1 Å². The maximum Gasteiger partial charge on any atom is 0.234 e. The minimum Gasteiger partial charge on any atom is -0.383 e.